The van der Waals surface area contributed by atoms with Crippen molar-refractivity contribution in [2.45, 2.75) is 9.92 Å². The van der Waals surface area contributed by atoms with Crippen molar-refractivity contribution in [1.29, 1.82) is 0 Å². The highest BCUT2D eigenvalue weighted by Gasteiger charge is 2.24. The van der Waals surface area contributed by atoms with E-state index in [2.05, 4.69) is 9.97 Å². The van der Waals surface area contributed by atoms with Crippen molar-refractivity contribution in [3.05, 3.63) is 58.9 Å². The molecule has 2 aromatic heterocycles. The van der Waals surface area contributed by atoms with E-state index in [1.54, 1.807) is 24.4 Å². The molecule has 1 aromatic carbocycles. The van der Waals surface area contributed by atoms with Crippen LogP contribution in [0.25, 0.3) is 10.8 Å². The Morgan fingerprint density at radius 2 is 1.91 bits per heavy atom. The Bertz CT molecular complexity index is 1030. The predicted molar refractivity (Wildman–Crippen MR) is 82.5 cm³/mol. The van der Waals surface area contributed by atoms with Crippen LogP contribution in [0.15, 0.2) is 58.7 Å². The first-order valence-corrected chi connectivity index (χ1v) is 7.88. The zero-order valence-electron chi connectivity index (χ0n) is 11.6. The minimum atomic E-state index is -3.97. The van der Waals surface area contributed by atoms with Gasteiger partial charge < -0.3 is 5.73 Å². The summed E-state index contributed by atoms with van der Waals surface area (Å²) in [5.41, 5.74) is 5.04. The van der Waals surface area contributed by atoms with Gasteiger partial charge in [-0.3, -0.25) is 15.1 Å². The molecule has 3 rings (SSSR count). The van der Waals surface area contributed by atoms with Crippen molar-refractivity contribution in [3.8, 4) is 0 Å². The molecule has 0 aliphatic carbocycles. The van der Waals surface area contributed by atoms with Crippen LogP contribution in [-0.2, 0) is 9.84 Å². The molecular formula is C14H10N4O4S. The van der Waals surface area contributed by atoms with Gasteiger partial charge in [0.05, 0.1) is 9.82 Å². The summed E-state index contributed by atoms with van der Waals surface area (Å²) in [4.78, 5) is 17.7. The molecule has 116 valence electrons. The van der Waals surface area contributed by atoms with E-state index < -0.39 is 26.3 Å². The fourth-order valence-electron chi connectivity index (χ4n) is 2.19. The maximum atomic E-state index is 12.8. The van der Waals surface area contributed by atoms with Gasteiger partial charge in [-0.25, -0.2) is 13.4 Å². The first-order valence-electron chi connectivity index (χ1n) is 6.40. The number of anilines is 1. The van der Waals surface area contributed by atoms with E-state index in [1.807, 2.05) is 0 Å². The number of sulfone groups is 1. The summed E-state index contributed by atoms with van der Waals surface area (Å²) in [7, 11) is -3.97. The van der Waals surface area contributed by atoms with Crippen LogP contribution in [0.3, 0.4) is 0 Å². The highest BCUT2D eigenvalue weighted by molar-refractivity contribution is 7.91. The van der Waals surface area contributed by atoms with Gasteiger partial charge in [-0.1, -0.05) is 12.1 Å². The average molecular weight is 330 g/mol. The summed E-state index contributed by atoms with van der Waals surface area (Å²) in [5.74, 6) is -0.446. The minimum absolute atomic E-state index is 0.0400. The number of nitro groups is 1. The summed E-state index contributed by atoms with van der Waals surface area (Å²) in [6.45, 7) is 0. The number of aromatic nitrogens is 2. The second-order valence-corrected chi connectivity index (χ2v) is 6.53. The molecule has 0 bridgehead atoms. The third-order valence-corrected chi connectivity index (χ3v) is 4.99. The third kappa shape index (κ3) is 2.46. The molecular weight excluding hydrogens is 320 g/mol. The lowest BCUT2D eigenvalue weighted by atomic mass is 10.2. The molecule has 23 heavy (non-hydrogen) atoms. The van der Waals surface area contributed by atoms with Crippen molar-refractivity contribution >= 4 is 32.1 Å². The van der Waals surface area contributed by atoms with Gasteiger partial charge in [0.15, 0.2) is 5.03 Å². The molecule has 3 aromatic rings. The predicted octanol–water partition coefficient (Wildman–Crippen LogP) is 1.95. The van der Waals surface area contributed by atoms with Gasteiger partial charge in [0.2, 0.25) is 15.7 Å². The van der Waals surface area contributed by atoms with E-state index >= 15 is 0 Å². The van der Waals surface area contributed by atoms with Crippen LogP contribution in [-0.4, -0.2) is 23.3 Å². The summed E-state index contributed by atoms with van der Waals surface area (Å²) in [6.07, 6.45) is 3.03. The molecule has 0 aliphatic heterocycles. The SMILES string of the molecule is Nc1nc(S(=O)(=O)c2cccc3cnccc23)ccc1[N+](=O)[O-]. The van der Waals surface area contributed by atoms with Crippen molar-refractivity contribution < 1.29 is 13.3 Å². The zero-order valence-corrected chi connectivity index (χ0v) is 12.4. The Morgan fingerprint density at radius 1 is 1.13 bits per heavy atom. The number of pyridine rings is 2. The fourth-order valence-corrected chi connectivity index (χ4v) is 3.62. The molecule has 2 N–H and O–H groups in total. The van der Waals surface area contributed by atoms with E-state index in [9.17, 15) is 18.5 Å². The highest BCUT2D eigenvalue weighted by Crippen LogP contribution is 2.29. The van der Waals surface area contributed by atoms with Crippen LogP contribution in [0.4, 0.5) is 11.5 Å². The highest BCUT2D eigenvalue weighted by atomic mass is 32.2. The number of hydrogen-bond acceptors (Lipinski definition) is 7. The topological polar surface area (TPSA) is 129 Å². The maximum absolute atomic E-state index is 12.8. The van der Waals surface area contributed by atoms with E-state index in [1.165, 1.54) is 12.3 Å². The molecule has 9 heteroatoms. The van der Waals surface area contributed by atoms with Crippen molar-refractivity contribution in [2.75, 3.05) is 5.73 Å². The van der Waals surface area contributed by atoms with Gasteiger partial charge in [0.25, 0.3) is 0 Å². The Morgan fingerprint density at radius 3 is 2.61 bits per heavy atom. The number of benzene rings is 1. The van der Waals surface area contributed by atoms with Crippen molar-refractivity contribution in [2.24, 2.45) is 0 Å². The fraction of sp³-hybridized carbons (Fsp3) is 0. The van der Waals surface area contributed by atoms with Crippen LogP contribution in [0.1, 0.15) is 0 Å². The smallest absolute Gasteiger partial charge is 0.311 e. The summed E-state index contributed by atoms with van der Waals surface area (Å²) >= 11 is 0. The van der Waals surface area contributed by atoms with E-state index in [-0.39, 0.29) is 9.92 Å². The zero-order chi connectivity index (χ0) is 16.6. The van der Waals surface area contributed by atoms with Crippen LogP contribution in [0.5, 0.6) is 0 Å². The number of nitrogen functional groups attached to an aromatic ring is 1. The van der Waals surface area contributed by atoms with Gasteiger partial charge in [-0.05, 0) is 18.2 Å². The lowest BCUT2D eigenvalue weighted by Gasteiger charge is -2.08. The number of hydrogen-bond donors (Lipinski definition) is 1. The van der Waals surface area contributed by atoms with Crippen LogP contribution >= 0.6 is 0 Å². The van der Waals surface area contributed by atoms with Gasteiger partial charge >= 0.3 is 5.69 Å². The first-order chi connectivity index (χ1) is 10.9. The molecule has 0 amide bonds. The second kappa shape index (κ2) is 5.29. The molecule has 0 fully saturated rings. The molecule has 0 radical (unpaired) electrons. The number of nitrogens with two attached hydrogens (primary N) is 1. The average Bonchev–Trinajstić information content (AvgIpc) is 2.53. The van der Waals surface area contributed by atoms with Crippen LogP contribution in [0.2, 0.25) is 0 Å². The number of rotatable bonds is 3. The molecule has 2 heterocycles. The number of fused-ring (bicyclic) bond motifs is 1. The summed E-state index contributed by atoms with van der Waals surface area (Å²) < 4.78 is 25.5. The Hall–Kier alpha value is -3.07. The molecule has 0 saturated heterocycles. The Balaban J connectivity index is 2.22. The van der Waals surface area contributed by atoms with Crippen molar-refractivity contribution in [1.82, 2.24) is 9.97 Å². The molecule has 8 nitrogen and oxygen atoms in total. The third-order valence-electron chi connectivity index (χ3n) is 3.28. The standard InChI is InChI=1S/C14H10N4O4S/c15-14-11(18(19)20)4-5-13(17-14)23(21,22)12-3-1-2-9-8-16-7-6-10(9)12/h1-8H,(H2,15,17). The van der Waals surface area contributed by atoms with Crippen LogP contribution in [0, 0.1) is 10.1 Å². The van der Waals surface area contributed by atoms with Crippen molar-refractivity contribution in [3.63, 3.8) is 0 Å². The molecule has 0 unspecified atom stereocenters. The molecule has 0 aliphatic rings. The maximum Gasteiger partial charge on any atom is 0.311 e. The summed E-state index contributed by atoms with van der Waals surface area (Å²) in [6, 6.07) is 8.45. The summed E-state index contributed by atoms with van der Waals surface area (Å²) in [5, 5.41) is 11.6. The molecule has 0 atom stereocenters. The Labute approximate surface area is 130 Å². The van der Waals surface area contributed by atoms with Gasteiger partial charge in [-0.2, -0.15) is 0 Å². The van der Waals surface area contributed by atoms with Crippen LogP contribution < -0.4 is 5.73 Å². The minimum Gasteiger partial charge on any atom is -0.378 e. The lowest BCUT2D eigenvalue weighted by Crippen LogP contribution is -2.08. The largest absolute Gasteiger partial charge is 0.378 e. The van der Waals surface area contributed by atoms with E-state index in [0.717, 1.165) is 12.1 Å². The number of nitrogens with zero attached hydrogens (tertiary/aromatic N) is 3. The van der Waals surface area contributed by atoms with Gasteiger partial charge in [-0.15, -0.1) is 0 Å². The van der Waals surface area contributed by atoms with E-state index in [4.69, 9.17) is 5.73 Å². The van der Waals surface area contributed by atoms with E-state index in [0.29, 0.717) is 10.8 Å². The Kier molecular flexibility index (Phi) is 3.41. The van der Waals surface area contributed by atoms with Gasteiger partial charge in [0.1, 0.15) is 0 Å². The first kappa shape index (κ1) is 14.9. The lowest BCUT2D eigenvalue weighted by molar-refractivity contribution is -0.384. The molecule has 0 saturated carbocycles. The molecule has 0 spiro atoms. The normalized spacial score (nSPS) is 11.5. The quantitative estimate of drug-likeness (QED) is 0.574. The second-order valence-electron chi connectivity index (χ2n) is 4.67. The van der Waals surface area contributed by atoms with Gasteiger partial charge in [0, 0.05) is 29.2 Å². The monoisotopic (exact) mass is 330 g/mol.